The van der Waals surface area contributed by atoms with Gasteiger partial charge in [0, 0.05) is 13.6 Å². The number of nitrogens with one attached hydrogen (secondary N) is 1. The van der Waals surface area contributed by atoms with E-state index in [1.54, 1.807) is 13.1 Å². The van der Waals surface area contributed by atoms with Crippen LogP contribution in [-0.2, 0) is 9.59 Å². The minimum atomic E-state index is -1.53. The van der Waals surface area contributed by atoms with Gasteiger partial charge in [-0.25, -0.2) is 0 Å². The number of anilines is 1. The number of hydrogen-bond donors (Lipinski definition) is 1. The molecule has 0 saturated heterocycles. The van der Waals surface area contributed by atoms with E-state index in [-0.39, 0.29) is 5.91 Å². The molecule has 0 bridgehead atoms. The van der Waals surface area contributed by atoms with Crippen molar-refractivity contribution in [2.45, 2.75) is 25.9 Å². The van der Waals surface area contributed by atoms with Gasteiger partial charge in [-0.05, 0) is 58.6 Å². The molecule has 1 unspecified atom stereocenters. The molecule has 6 heteroatoms. The monoisotopic (exact) mass is 319 g/mol. The molecule has 1 aliphatic heterocycles. The summed E-state index contributed by atoms with van der Waals surface area (Å²) in [5, 5.41) is 2.80. The van der Waals surface area contributed by atoms with Gasteiger partial charge in [0.05, 0.1) is 5.69 Å². The molecule has 2 rings (SSSR count). The van der Waals surface area contributed by atoms with Crippen LogP contribution in [0.25, 0.3) is 0 Å². The highest BCUT2D eigenvalue weighted by molar-refractivity contribution is 6.16. The Bertz CT molecular complexity index is 615. The van der Waals surface area contributed by atoms with Gasteiger partial charge in [-0.2, -0.15) is 0 Å². The minimum Gasteiger partial charge on any atom is -0.466 e. The van der Waals surface area contributed by atoms with E-state index in [2.05, 4.69) is 5.32 Å². The molecule has 0 fully saturated rings. The Morgan fingerprint density at radius 3 is 2.74 bits per heavy atom. The maximum Gasteiger partial charge on any atom is 0.280 e. The van der Waals surface area contributed by atoms with Gasteiger partial charge in [-0.1, -0.05) is 6.07 Å². The SMILES string of the molecule is Cc1ccc2c(c1)N(C)C(=O)C(C)(C(=O)NCCCN(C)C)O2. The highest BCUT2D eigenvalue weighted by atomic mass is 16.5. The molecule has 0 aromatic heterocycles. The molecule has 0 saturated carbocycles. The predicted octanol–water partition coefficient (Wildman–Crippen LogP) is 1.18. The van der Waals surface area contributed by atoms with Crippen LogP contribution >= 0.6 is 0 Å². The van der Waals surface area contributed by atoms with Crippen LogP contribution in [0.5, 0.6) is 5.75 Å². The van der Waals surface area contributed by atoms with E-state index in [4.69, 9.17) is 4.74 Å². The van der Waals surface area contributed by atoms with E-state index in [9.17, 15) is 9.59 Å². The quantitative estimate of drug-likeness (QED) is 0.654. The van der Waals surface area contributed by atoms with Crippen molar-refractivity contribution in [3.05, 3.63) is 23.8 Å². The molecule has 1 aromatic carbocycles. The molecule has 6 nitrogen and oxygen atoms in total. The van der Waals surface area contributed by atoms with Crippen molar-refractivity contribution in [3.8, 4) is 5.75 Å². The predicted molar refractivity (Wildman–Crippen MR) is 89.8 cm³/mol. The third-order valence-corrected chi connectivity index (χ3v) is 4.00. The molecule has 1 aromatic rings. The Kier molecular flexibility index (Phi) is 4.94. The lowest BCUT2D eigenvalue weighted by molar-refractivity contribution is -0.148. The molecule has 126 valence electrons. The van der Waals surface area contributed by atoms with E-state index in [0.717, 1.165) is 18.5 Å². The van der Waals surface area contributed by atoms with E-state index in [0.29, 0.717) is 18.0 Å². The molecular formula is C17H25N3O3. The van der Waals surface area contributed by atoms with Gasteiger partial charge in [-0.15, -0.1) is 0 Å². The maximum atomic E-state index is 12.6. The second-order valence-electron chi connectivity index (χ2n) is 6.38. The van der Waals surface area contributed by atoms with Crippen LogP contribution in [0, 0.1) is 6.92 Å². The van der Waals surface area contributed by atoms with Gasteiger partial charge in [0.15, 0.2) is 0 Å². The number of hydrogen-bond acceptors (Lipinski definition) is 4. The van der Waals surface area contributed by atoms with Crippen molar-refractivity contribution in [2.75, 3.05) is 39.1 Å². The second-order valence-corrected chi connectivity index (χ2v) is 6.38. The number of rotatable bonds is 5. The van der Waals surface area contributed by atoms with Crippen molar-refractivity contribution in [1.29, 1.82) is 0 Å². The van der Waals surface area contributed by atoms with Crippen LogP contribution in [0.4, 0.5) is 5.69 Å². The Hall–Kier alpha value is -2.08. The number of likely N-dealkylation sites (N-methyl/N-ethyl adjacent to an activating group) is 1. The van der Waals surface area contributed by atoms with Crippen LogP contribution in [0.1, 0.15) is 18.9 Å². The molecule has 1 heterocycles. The largest absolute Gasteiger partial charge is 0.466 e. The van der Waals surface area contributed by atoms with E-state index in [1.165, 1.54) is 11.8 Å². The van der Waals surface area contributed by atoms with Crippen molar-refractivity contribution in [1.82, 2.24) is 10.2 Å². The van der Waals surface area contributed by atoms with E-state index >= 15 is 0 Å². The smallest absolute Gasteiger partial charge is 0.280 e. The van der Waals surface area contributed by atoms with Gasteiger partial charge in [0.25, 0.3) is 17.4 Å². The van der Waals surface area contributed by atoms with Crippen molar-refractivity contribution in [3.63, 3.8) is 0 Å². The lowest BCUT2D eigenvalue weighted by Gasteiger charge is -2.38. The first kappa shape index (κ1) is 17.3. The van der Waals surface area contributed by atoms with Crippen LogP contribution in [0.15, 0.2) is 18.2 Å². The summed E-state index contributed by atoms with van der Waals surface area (Å²) < 4.78 is 5.78. The molecule has 23 heavy (non-hydrogen) atoms. The molecule has 0 aliphatic carbocycles. The molecule has 1 N–H and O–H groups in total. The van der Waals surface area contributed by atoms with Gasteiger partial charge >= 0.3 is 0 Å². The topological polar surface area (TPSA) is 61.9 Å². The summed E-state index contributed by atoms with van der Waals surface area (Å²) in [5.74, 6) is -0.219. The third-order valence-electron chi connectivity index (χ3n) is 4.00. The Morgan fingerprint density at radius 2 is 2.09 bits per heavy atom. The summed E-state index contributed by atoms with van der Waals surface area (Å²) in [6, 6.07) is 5.57. The summed E-state index contributed by atoms with van der Waals surface area (Å²) in [6.07, 6.45) is 0.814. The van der Waals surface area contributed by atoms with Crippen LogP contribution in [0.2, 0.25) is 0 Å². The highest BCUT2D eigenvalue weighted by Crippen LogP contribution is 2.37. The third kappa shape index (κ3) is 3.47. The number of carbonyl (C=O) groups is 2. The fourth-order valence-electron chi connectivity index (χ4n) is 2.58. The van der Waals surface area contributed by atoms with Crippen LogP contribution < -0.4 is 15.0 Å². The average Bonchev–Trinajstić information content (AvgIpc) is 2.50. The first-order valence-corrected chi connectivity index (χ1v) is 7.76. The number of nitrogens with zero attached hydrogens (tertiary/aromatic N) is 2. The number of aryl methyl sites for hydroxylation is 1. The molecule has 0 spiro atoms. The first-order chi connectivity index (χ1) is 10.8. The lowest BCUT2D eigenvalue weighted by atomic mass is 10.00. The molecule has 2 amide bonds. The number of amides is 2. The zero-order chi connectivity index (χ0) is 17.2. The van der Waals surface area contributed by atoms with E-state index < -0.39 is 11.5 Å². The Morgan fingerprint density at radius 1 is 1.39 bits per heavy atom. The van der Waals surface area contributed by atoms with Gasteiger partial charge in [-0.3, -0.25) is 9.59 Å². The van der Waals surface area contributed by atoms with Gasteiger partial charge in [0.1, 0.15) is 5.75 Å². The fraction of sp³-hybridized carbons (Fsp3) is 0.529. The average molecular weight is 319 g/mol. The van der Waals surface area contributed by atoms with Crippen molar-refractivity contribution >= 4 is 17.5 Å². The summed E-state index contributed by atoms with van der Waals surface area (Å²) in [6.45, 7) is 4.85. The van der Waals surface area contributed by atoms with E-state index in [1.807, 2.05) is 38.1 Å². The molecule has 0 radical (unpaired) electrons. The molecule has 1 atom stereocenters. The van der Waals surface area contributed by atoms with Crippen LogP contribution in [0.3, 0.4) is 0 Å². The highest BCUT2D eigenvalue weighted by Gasteiger charge is 2.49. The summed E-state index contributed by atoms with van der Waals surface area (Å²) in [7, 11) is 5.62. The van der Waals surface area contributed by atoms with Gasteiger partial charge in [0.2, 0.25) is 0 Å². The number of carbonyl (C=O) groups excluding carboxylic acids is 2. The first-order valence-electron chi connectivity index (χ1n) is 7.76. The standard InChI is InChI=1S/C17H25N3O3/c1-12-7-8-14-13(11-12)20(5)16(22)17(2,23-14)15(21)18-9-6-10-19(3)4/h7-8,11H,6,9-10H2,1-5H3,(H,18,21). The maximum absolute atomic E-state index is 12.6. The van der Waals surface area contributed by atoms with Gasteiger partial charge < -0.3 is 19.9 Å². The second kappa shape index (κ2) is 6.58. The zero-order valence-electron chi connectivity index (χ0n) is 14.5. The summed E-state index contributed by atoms with van der Waals surface area (Å²) in [4.78, 5) is 28.7. The number of fused-ring (bicyclic) bond motifs is 1. The number of benzene rings is 1. The van der Waals surface area contributed by atoms with Crippen molar-refractivity contribution in [2.24, 2.45) is 0 Å². The minimum absolute atomic E-state index is 0.360. The molecule has 1 aliphatic rings. The fourth-order valence-corrected chi connectivity index (χ4v) is 2.58. The number of ether oxygens (including phenoxy) is 1. The van der Waals surface area contributed by atoms with Crippen LogP contribution in [-0.4, -0.2) is 56.5 Å². The molecular weight excluding hydrogens is 294 g/mol. The Balaban J connectivity index is 2.13. The Labute approximate surface area is 137 Å². The van der Waals surface area contributed by atoms with Crippen molar-refractivity contribution < 1.29 is 14.3 Å². The summed E-state index contributed by atoms with van der Waals surface area (Å²) in [5.41, 5.74) is 0.186. The lowest BCUT2D eigenvalue weighted by Crippen LogP contribution is -2.61. The zero-order valence-corrected chi connectivity index (χ0v) is 14.5. The summed E-state index contributed by atoms with van der Waals surface area (Å²) >= 11 is 0. The normalized spacial score (nSPS) is 20.3.